The number of nitrogens with one attached hydrogen (secondary N) is 1. The Morgan fingerprint density at radius 2 is 2.00 bits per heavy atom. The number of nitrogens with zero attached hydrogens (tertiary/aromatic N) is 1. The Kier molecular flexibility index (Phi) is 5.78. The molecule has 3 rings (SSSR count). The zero-order valence-corrected chi connectivity index (χ0v) is 16.1. The maximum absolute atomic E-state index is 12.9. The van der Waals surface area contributed by atoms with Crippen LogP contribution in [-0.2, 0) is 14.3 Å². The number of methoxy groups -OCH3 is 2. The van der Waals surface area contributed by atoms with Crippen LogP contribution in [0, 0.1) is 0 Å². The molecule has 2 aliphatic rings. The van der Waals surface area contributed by atoms with Crippen LogP contribution in [0.4, 0.5) is 0 Å². The smallest absolute Gasteiger partial charge is 0.338 e. The van der Waals surface area contributed by atoms with Crippen molar-refractivity contribution in [3.63, 3.8) is 0 Å². The zero-order chi connectivity index (χ0) is 18.7. The lowest BCUT2D eigenvalue weighted by atomic mass is 9.94. The average molecular weight is 376 g/mol. The Morgan fingerprint density at radius 1 is 1.27 bits per heavy atom. The molecule has 0 saturated heterocycles. The van der Waals surface area contributed by atoms with Gasteiger partial charge in [0.15, 0.2) is 5.11 Å². The summed E-state index contributed by atoms with van der Waals surface area (Å²) >= 11 is 5.59. The number of carbonyl (C=O) groups is 1. The molecule has 1 aliphatic heterocycles. The summed E-state index contributed by atoms with van der Waals surface area (Å²) in [4.78, 5) is 14.9. The Hall–Kier alpha value is -2.12. The summed E-state index contributed by atoms with van der Waals surface area (Å²) in [6.45, 7) is 2.50. The van der Waals surface area contributed by atoms with E-state index in [1.165, 1.54) is 0 Å². The first-order valence-electron chi connectivity index (χ1n) is 8.68. The summed E-state index contributed by atoms with van der Waals surface area (Å²) in [5.74, 6) is 0.332. The van der Waals surface area contributed by atoms with Gasteiger partial charge in [0, 0.05) is 24.4 Å². The fraction of sp³-hybridized carbons (Fsp3) is 0.474. The van der Waals surface area contributed by atoms with E-state index in [1.54, 1.807) is 14.2 Å². The van der Waals surface area contributed by atoms with Crippen LogP contribution in [0.2, 0.25) is 0 Å². The van der Waals surface area contributed by atoms with E-state index in [4.69, 9.17) is 26.4 Å². The van der Waals surface area contributed by atoms with Crippen LogP contribution < -0.4 is 10.1 Å². The van der Waals surface area contributed by atoms with Crippen LogP contribution >= 0.6 is 12.2 Å². The Morgan fingerprint density at radius 3 is 2.65 bits per heavy atom. The molecule has 1 aromatic carbocycles. The molecular formula is C19H24N2O4S. The van der Waals surface area contributed by atoms with Crippen molar-refractivity contribution in [2.45, 2.75) is 31.8 Å². The summed E-state index contributed by atoms with van der Waals surface area (Å²) in [5.41, 5.74) is 2.26. The van der Waals surface area contributed by atoms with Crippen molar-refractivity contribution in [2.24, 2.45) is 0 Å². The third-order valence-corrected chi connectivity index (χ3v) is 4.94. The number of rotatable bonds is 7. The number of esters is 1. The van der Waals surface area contributed by atoms with E-state index < -0.39 is 6.04 Å². The second kappa shape index (κ2) is 8.05. The molecular weight excluding hydrogens is 352 g/mol. The van der Waals surface area contributed by atoms with Crippen molar-refractivity contribution in [3.05, 3.63) is 41.1 Å². The molecule has 1 unspecified atom stereocenters. The molecule has 1 aromatic rings. The van der Waals surface area contributed by atoms with Crippen molar-refractivity contribution in [1.82, 2.24) is 10.2 Å². The number of para-hydroxylation sites is 1. The number of allylic oxidation sites excluding steroid dienone is 1. The van der Waals surface area contributed by atoms with E-state index in [-0.39, 0.29) is 12.6 Å². The van der Waals surface area contributed by atoms with Gasteiger partial charge in [-0.2, -0.15) is 0 Å². The average Bonchev–Trinajstić information content (AvgIpc) is 3.46. The first kappa shape index (κ1) is 18.7. The van der Waals surface area contributed by atoms with Gasteiger partial charge in [-0.25, -0.2) is 4.79 Å². The van der Waals surface area contributed by atoms with E-state index in [9.17, 15) is 4.79 Å². The molecule has 0 radical (unpaired) electrons. The lowest BCUT2D eigenvalue weighted by Gasteiger charge is -2.38. The Labute approximate surface area is 159 Å². The first-order valence-corrected chi connectivity index (χ1v) is 9.08. The quantitative estimate of drug-likeness (QED) is 0.446. The van der Waals surface area contributed by atoms with Crippen molar-refractivity contribution < 1.29 is 19.0 Å². The number of hydrogen-bond acceptors (Lipinski definition) is 5. The Balaban J connectivity index is 2.00. The second-order valence-corrected chi connectivity index (χ2v) is 6.74. The van der Waals surface area contributed by atoms with Gasteiger partial charge in [-0.15, -0.1) is 0 Å². The van der Waals surface area contributed by atoms with E-state index in [2.05, 4.69) is 5.32 Å². The van der Waals surface area contributed by atoms with Crippen molar-refractivity contribution in [2.75, 3.05) is 27.4 Å². The van der Waals surface area contributed by atoms with Gasteiger partial charge >= 0.3 is 5.97 Å². The molecule has 1 atom stereocenters. The fourth-order valence-corrected chi connectivity index (χ4v) is 3.63. The summed E-state index contributed by atoms with van der Waals surface area (Å²) in [6, 6.07) is 7.56. The third-order valence-electron chi connectivity index (χ3n) is 4.63. The van der Waals surface area contributed by atoms with Crippen LogP contribution in [0.3, 0.4) is 0 Å². The van der Waals surface area contributed by atoms with Crippen molar-refractivity contribution in [1.29, 1.82) is 0 Å². The molecule has 1 N–H and O–H groups in total. The largest absolute Gasteiger partial charge is 0.496 e. The molecule has 1 fully saturated rings. The monoisotopic (exact) mass is 376 g/mol. The molecule has 0 amide bonds. The summed E-state index contributed by atoms with van der Waals surface area (Å²) in [6.07, 6.45) is 2.15. The number of thiocarbonyl (C=S) groups is 1. The van der Waals surface area contributed by atoms with E-state index >= 15 is 0 Å². The maximum atomic E-state index is 12.9. The minimum absolute atomic E-state index is 0.207. The lowest BCUT2D eigenvalue weighted by Crippen LogP contribution is -2.48. The molecule has 0 bridgehead atoms. The van der Waals surface area contributed by atoms with Gasteiger partial charge in [0.05, 0.1) is 25.3 Å². The lowest BCUT2D eigenvalue weighted by molar-refractivity contribution is -0.140. The van der Waals surface area contributed by atoms with Crippen LogP contribution in [0.1, 0.15) is 31.4 Å². The fourth-order valence-electron chi connectivity index (χ4n) is 3.23. The predicted molar refractivity (Wildman–Crippen MR) is 102 cm³/mol. The van der Waals surface area contributed by atoms with Gasteiger partial charge in [-0.3, -0.25) is 0 Å². The molecule has 26 heavy (non-hydrogen) atoms. The summed E-state index contributed by atoms with van der Waals surface area (Å²) < 4.78 is 15.9. The topological polar surface area (TPSA) is 60.0 Å². The van der Waals surface area contributed by atoms with Crippen LogP contribution in [0.25, 0.3) is 0 Å². The molecule has 7 heteroatoms. The second-order valence-electron chi connectivity index (χ2n) is 6.35. The van der Waals surface area contributed by atoms with E-state index in [0.29, 0.717) is 29.1 Å². The standard InChI is InChI=1S/C19H24N2O4S/c1-12-16(18(22)25-11-10-23-2)17(14-6-4-5-7-15(14)24-3)20-19(26)21(12)13-8-9-13/h4-7,13,17H,8-11H2,1-3H3,(H,20,26). The van der Waals surface area contributed by atoms with Gasteiger partial charge in [0.2, 0.25) is 0 Å². The van der Waals surface area contributed by atoms with Crippen molar-refractivity contribution in [3.8, 4) is 5.75 Å². The highest BCUT2D eigenvalue weighted by Gasteiger charge is 2.41. The van der Waals surface area contributed by atoms with Crippen LogP contribution in [0.5, 0.6) is 5.75 Å². The number of hydrogen-bond donors (Lipinski definition) is 1. The summed E-state index contributed by atoms with van der Waals surface area (Å²) in [7, 11) is 3.19. The Bertz CT molecular complexity index is 730. The van der Waals surface area contributed by atoms with Gasteiger partial charge in [0.25, 0.3) is 0 Å². The van der Waals surface area contributed by atoms with Crippen molar-refractivity contribution >= 4 is 23.3 Å². The van der Waals surface area contributed by atoms with Gasteiger partial charge in [-0.05, 0) is 38.0 Å². The molecule has 1 saturated carbocycles. The normalized spacial score (nSPS) is 20.0. The maximum Gasteiger partial charge on any atom is 0.338 e. The number of ether oxygens (including phenoxy) is 3. The summed E-state index contributed by atoms with van der Waals surface area (Å²) in [5, 5.41) is 3.95. The van der Waals surface area contributed by atoms with E-state index in [1.807, 2.05) is 36.1 Å². The number of benzene rings is 1. The highest BCUT2D eigenvalue weighted by molar-refractivity contribution is 7.80. The minimum atomic E-state index is -0.413. The zero-order valence-electron chi connectivity index (χ0n) is 15.3. The van der Waals surface area contributed by atoms with Crippen LogP contribution in [0.15, 0.2) is 35.5 Å². The molecule has 140 valence electrons. The SMILES string of the molecule is COCCOC(=O)C1=C(C)N(C2CC2)C(=S)NC1c1ccccc1OC. The number of carbonyl (C=O) groups excluding carboxylic acids is 1. The molecule has 0 aromatic heterocycles. The van der Waals surface area contributed by atoms with E-state index in [0.717, 1.165) is 24.1 Å². The molecule has 6 nitrogen and oxygen atoms in total. The van der Waals surface area contributed by atoms with Gasteiger partial charge in [0.1, 0.15) is 12.4 Å². The van der Waals surface area contributed by atoms with Crippen LogP contribution in [-0.4, -0.2) is 49.5 Å². The molecule has 1 heterocycles. The minimum Gasteiger partial charge on any atom is -0.496 e. The predicted octanol–water partition coefficient (Wildman–Crippen LogP) is 2.55. The third kappa shape index (κ3) is 3.68. The molecule has 0 spiro atoms. The van der Waals surface area contributed by atoms with Gasteiger partial charge in [-0.1, -0.05) is 18.2 Å². The highest BCUT2D eigenvalue weighted by atomic mass is 32.1. The highest BCUT2D eigenvalue weighted by Crippen LogP contribution is 2.40. The van der Waals surface area contributed by atoms with Gasteiger partial charge < -0.3 is 24.4 Å². The first-order chi connectivity index (χ1) is 12.6. The molecule has 1 aliphatic carbocycles.